The molecule has 34 heavy (non-hydrogen) atoms. The lowest BCUT2D eigenvalue weighted by molar-refractivity contribution is -0.118. The Morgan fingerprint density at radius 3 is 2.76 bits per heavy atom. The largest absolute Gasteiger partial charge is 0.481 e. The van der Waals surface area contributed by atoms with E-state index in [1.165, 1.54) is 11.3 Å². The summed E-state index contributed by atoms with van der Waals surface area (Å²) in [4.78, 5) is 42.0. The second-order valence-electron chi connectivity index (χ2n) is 7.13. The summed E-state index contributed by atoms with van der Waals surface area (Å²) in [6, 6.07) is 13.8. The van der Waals surface area contributed by atoms with Crippen LogP contribution in [0.3, 0.4) is 0 Å². The molecule has 0 spiro atoms. The maximum absolute atomic E-state index is 12.7. The Balaban J connectivity index is 1.56. The van der Waals surface area contributed by atoms with E-state index in [-0.39, 0.29) is 18.1 Å². The molecule has 174 valence electrons. The first kappa shape index (κ1) is 23.6. The van der Waals surface area contributed by atoms with Crippen LogP contribution in [0.4, 0.5) is 5.13 Å². The van der Waals surface area contributed by atoms with Gasteiger partial charge in [-0.25, -0.2) is 9.78 Å². The van der Waals surface area contributed by atoms with Gasteiger partial charge in [0.15, 0.2) is 17.5 Å². The molecule has 4 rings (SSSR count). The molecular formula is C23H19BrN4O5S. The summed E-state index contributed by atoms with van der Waals surface area (Å²) in [6.07, 6.45) is 0. The number of fused-ring (bicyclic) bond motifs is 1. The van der Waals surface area contributed by atoms with E-state index in [1.807, 2.05) is 25.1 Å². The molecule has 0 aliphatic rings. The molecule has 0 atom stereocenters. The first-order valence-corrected chi connectivity index (χ1v) is 11.8. The number of benzene rings is 2. The van der Waals surface area contributed by atoms with Gasteiger partial charge in [-0.15, -0.1) is 0 Å². The van der Waals surface area contributed by atoms with E-state index in [2.05, 4.69) is 31.3 Å². The van der Waals surface area contributed by atoms with Crippen LogP contribution in [0, 0.1) is 6.92 Å². The fourth-order valence-corrected chi connectivity index (χ4v) is 4.44. The SMILES string of the molecule is CCOC(=O)c1nn(-c2cccc(Br)c2)c(=O)cc1OCC(=O)Nc1nc2ccc(C)cc2s1. The molecule has 0 saturated carbocycles. The molecule has 0 unspecified atom stereocenters. The van der Waals surface area contributed by atoms with Crippen LogP contribution < -0.4 is 15.6 Å². The number of rotatable bonds is 7. The van der Waals surface area contributed by atoms with E-state index in [0.29, 0.717) is 10.8 Å². The number of aryl methyl sites for hydroxylation is 1. The summed E-state index contributed by atoms with van der Waals surface area (Å²) in [6.45, 7) is 3.28. The number of esters is 1. The third-order valence-electron chi connectivity index (χ3n) is 4.57. The van der Waals surface area contributed by atoms with Gasteiger partial charge >= 0.3 is 5.97 Å². The van der Waals surface area contributed by atoms with Crippen LogP contribution in [0.15, 0.2) is 57.8 Å². The topological polar surface area (TPSA) is 112 Å². The highest BCUT2D eigenvalue weighted by Gasteiger charge is 2.21. The van der Waals surface area contributed by atoms with Gasteiger partial charge in [-0.1, -0.05) is 39.4 Å². The molecule has 0 aliphatic heterocycles. The Bertz CT molecular complexity index is 1450. The Labute approximate surface area is 206 Å². The standard InChI is InChI=1S/C23H19BrN4O5S/c1-3-32-22(31)21-17(11-20(30)28(27-21)15-6-4-5-14(24)10-15)33-12-19(29)26-23-25-16-8-7-13(2)9-18(16)34-23/h4-11H,3,12H2,1-2H3,(H,25,26,29). The Hall–Kier alpha value is -3.57. The third kappa shape index (κ3) is 5.32. The first-order chi connectivity index (χ1) is 16.3. The fourth-order valence-electron chi connectivity index (χ4n) is 3.07. The summed E-state index contributed by atoms with van der Waals surface area (Å²) in [5.74, 6) is -1.42. The van der Waals surface area contributed by atoms with Gasteiger partial charge in [0, 0.05) is 4.47 Å². The lowest BCUT2D eigenvalue weighted by Gasteiger charge is -2.12. The van der Waals surface area contributed by atoms with Gasteiger partial charge < -0.3 is 9.47 Å². The zero-order chi connectivity index (χ0) is 24.2. The minimum absolute atomic E-state index is 0.105. The van der Waals surface area contributed by atoms with Gasteiger partial charge in [0.05, 0.1) is 28.6 Å². The number of nitrogens with one attached hydrogen (secondary N) is 1. The van der Waals surface area contributed by atoms with E-state index in [1.54, 1.807) is 31.2 Å². The number of amides is 1. The van der Waals surface area contributed by atoms with E-state index in [9.17, 15) is 14.4 Å². The lowest BCUT2D eigenvalue weighted by atomic mass is 10.2. The van der Waals surface area contributed by atoms with Crippen LogP contribution in [0.5, 0.6) is 5.75 Å². The van der Waals surface area contributed by atoms with Gasteiger partial charge in [-0.2, -0.15) is 9.78 Å². The molecular weight excluding hydrogens is 524 g/mol. The molecule has 0 bridgehead atoms. The summed E-state index contributed by atoms with van der Waals surface area (Å²) >= 11 is 4.68. The van der Waals surface area contributed by atoms with Crippen LogP contribution in [0.25, 0.3) is 15.9 Å². The molecule has 11 heteroatoms. The zero-order valence-corrected chi connectivity index (χ0v) is 20.6. The maximum Gasteiger partial charge on any atom is 0.362 e. The molecule has 2 heterocycles. The van der Waals surface area contributed by atoms with Crippen LogP contribution >= 0.6 is 27.3 Å². The van der Waals surface area contributed by atoms with E-state index < -0.39 is 24.0 Å². The molecule has 0 fully saturated rings. The Kier molecular flexibility index (Phi) is 7.03. The summed E-state index contributed by atoms with van der Waals surface area (Å²) in [7, 11) is 0. The van der Waals surface area contributed by atoms with Crippen LogP contribution in [-0.2, 0) is 9.53 Å². The normalized spacial score (nSPS) is 10.8. The molecule has 0 aliphatic carbocycles. The minimum atomic E-state index is -0.775. The van der Waals surface area contributed by atoms with E-state index in [4.69, 9.17) is 9.47 Å². The molecule has 0 saturated heterocycles. The minimum Gasteiger partial charge on any atom is -0.481 e. The van der Waals surface area contributed by atoms with Gasteiger partial charge in [-0.3, -0.25) is 14.9 Å². The number of anilines is 1. The predicted molar refractivity (Wildman–Crippen MR) is 132 cm³/mol. The highest BCUT2D eigenvalue weighted by atomic mass is 79.9. The average Bonchev–Trinajstić information content (AvgIpc) is 3.19. The van der Waals surface area contributed by atoms with Crippen molar-refractivity contribution in [3.8, 4) is 11.4 Å². The first-order valence-electron chi connectivity index (χ1n) is 10.2. The molecule has 2 aromatic heterocycles. The number of carbonyl (C=O) groups excluding carboxylic acids is 2. The van der Waals surface area contributed by atoms with Crippen molar-refractivity contribution in [1.29, 1.82) is 0 Å². The molecule has 4 aromatic rings. The number of hydrogen-bond acceptors (Lipinski definition) is 8. The molecule has 1 amide bonds. The van der Waals surface area contributed by atoms with E-state index in [0.717, 1.165) is 31.0 Å². The molecule has 0 radical (unpaired) electrons. The summed E-state index contributed by atoms with van der Waals surface area (Å²) in [5, 5.41) is 7.23. The van der Waals surface area contributed by atoms with Gasteiger partial charge in [-0.05, 0) is 49.7 Å². The summed E-state index contributed by atoms with van der Waals surface area (Å²) in [5.41, 5.74) is 1.55. The third-order valence-corrected chi connectivity index (χ3v) is 5.99. The monoisotopic (exact) mass is 542 g/mol. The van der Waals surface area contributed by atoms with Crippen molar-refractivity contribution >= 4 is 54.5 Å². The smallest absolute Gasteiger partial charge is 0.362 e. The van der Waals surface area contributed by atoms with Crippen molar-refractivity contribution < 1.29 is 19.1 Å². The number of aromatic nitrogens is 3. The number of halogens is 1. The quantitative estimate of drug-likeness (QED) is 0.349. The number of thiazole rings is 1. The maximum atomic E-state index is 12.7. The van der Waals surface area contributed by atoms with Crippen molar-refractivity contribution in [2.24, 2.45) is 0 Å². The van der Waals surface area contributed by atoms with Crippen LogP contribution in [-0.4, -0.2) is 39.9 Å². The lowest BCUT2D eigenvalue weighted by Crippen LogP contribution is -2.27. The van der Waals surface area contributed by atoms with Gasteiger partial charge in [0.1, 0.15) is 0 Å². The predicted octanol–water partition coefficient (Wildman–Crippen LogP) is 4.11. The van der Waals surface area contributed by atoms with Crippen molar-refractivity contribution in [3.63, 3.8) is 0 Å². The van der Waals surface area contributed by atoms with Crippen molar-refractivity contribution in [2.45, 2.75) is 13.8 Å². The number of ether oxygens (including phenoxy) is 2. The van der Waals surface area contributed by atoms with Crippen LogP contribution in [0.1, 0.15) is 23.0 Å². The van der Waals surface area contributed by atoms with Gasteiger partial charge in [0.2, 0.25) is 5.69 Å². The fraction of sp³-hybridized carbons (Fsp3) is 0.174. The van der Waals surface area contributed by atoms with Crippen molar-refractivity contribution in [1.82, 2.24) is 14.8 Å². The van der Waals surface area contributed by atoms with Gasteiger partial charge in [0.25, 0.3) is 11.5 Å². The Morgan fingerprint density at radius 2 is 2.00 bits per heavy atom. The van der Waals surface area contributed by atoms with Crippen molar-refractivity contribution in [3.05, 3.63) is 74.6 Å². The average molecular weight is 543 g/mol. The number of carbonyl (C=O) groups is 2. The highest BCUT2D eigenvalue weighted by Crippen LogP contribution is 2.26. The van der Waals surface area contributed by atoms with Crippen molar-refractivity contribution in [2.75, 3.05) is 18.5 Å². The van der Waals surface area contributed by atoms with E-state index >= 15 is 0 Å². The molecule has 1 N–H and O–H groups in total. The highest BCUT2D eigenvalue weighted by molar-refractivity contribution is 9.10. The molecule has 9 nitrogen and oxygen atoms in total. The molecule has 2 aromatic carbocycles. The second-order valence-corrected chi connectivity index (χ2v) is 9.08. The zero-order valence-electron chi connectivity index (χ0n) is 18.2. The van der Waals surface area contributed by atoms with Crippen LogP contribution in [0.2, 0.25) is 0 Å². The Morgan fingerprint density at radius 1 is 1.18 bits per heavy atom. The number of nitrogens with zero attached hydrogens (tertiary/aromatic N) is 3. The number of hydrogen-bond donors (Lipinski definition) is 1. The summed E-state index contributed by atoms with van der Waals surface area (Å²) < 4.78 is 13.3. The second kappa shape index (κ2) is 10.1.